The Morgan fingerprint density at radius 3 is 2.38 bits per heavy atom. The molecule has 1 saturated heterocycles. The number of hydrogen-bond acceptors (Lipinski definition) is 3. The molecule has 0 aromatic heterocycles. The Morgan fingerprint density at radius 1 is 1.24 bits per heavy atom. The number of methoxy groups -OCH3 is 1. The van der Waals surface area contributed by atoms with Crippen LogP contribution in [-0.4, -0.2) is 36.9 Å². The summed E-state index contributed by atoms with van der Waals surface area (Å²) < 4.78 is 5.11. The zero-order valence-electron chi connectivity index (χ0n) is 12.4. The molecule has 5 heteroatoms. The first-order valence-electron chi connectivity index (χ1n) is 7.30. The summed E-state index contributed by atoms with van der Waals surface area (Å²) in [4.78, 5) is 25.1. The van der Waals surface area contributed by atoms with E-state index in [0.717, 1.165) is 17.7 Å². The first kappa shape index (κ1) is 15.4. The highest BCUT2D eigenvalue weighted by molar-refractivity contribution is 5.79. The van der Waals surface area contributed by atoms with Gasteiger partial charge >= 0.3 is 0 Å². The fourth-order valence-corrected chi connectivity index (χ4v) is 2.61. The lowest BCUT2D eigenvalue weighted by Gasteiger charge is -2.30. The third-order valence-electron chi connectivity index (χ3n) is 4.04. The van der Waals surface area contributed by atoms with E-state index in [0.29, 0.717) is 32.4 Å². The largest absolute Gasteiger partial charge is 0.497 e. The number of hydrogen-bond donors (Lipinski definition) is 1. The minimum Gasteiger partial charge on any atom is -0.497 e. The standard InChI is InChI=1S/C16H22N2O3/c1-21-14-5-2-12(3-6-14)4-7-15(19)18-10-8-13(9-11-18)16(17)20/h2-3,5-6,13H,4,7-11H2,1H3,(H2,17,20). The molecule has 0 aliphatic carbocycles. The molecule has 1 aromatic rings. The number of nitrogens with two attached hydrogens (primary N) is 1. The molecular formula is C16H22N2O3. The second-order valence-corrected chi connectivity index (χ2v) is 5.41. The fraction of sp³-hybridized carbons (Fsp3) is 0.500. The summed E-state index contributed by atoms with van der Waals surface area (Å²) in [5.74, 6) is 0.642. The Morgan fingerprint density at radius 2 is 1.86 bits per heavy atom. The first-order chi connectivity index (χ1) is 10.1. The molecule has 0 atom stereocenters. The number of benzene rings is 1. The third kappa shape index (κ3) is 4.21. The van der Waals surface area contributed by atoms with Crippen molar-refractivity contribution in [2.75, 3.05) is 20.2 Å². The summed E-state index contributed by atoms with van der Waals surface area (Å²) in [5.41, 5.74) is 6.42. The van der Waals surface area contributed by atoms with Crippen LogP contribution in [0.15, 0.2) is 24.3 Å². The highest BCUT2D eigenvalue weighted by Gasteiger charge is 2.25. The number of piperidine rings is 1. The average Bonchev–Trinajstić information content (AvgIpc) is 2.53. The third-order valence-corrected chi connectivity index (χ3v) is 4.04. The van der Waals surface area contributed by atoms with E-state index in [9.17, 15) is 9.59 Å². The lowest BCUT2D eigenvalue weighted by Crippen LogP contribution is -2.41. The van der Waals surface area contributed by atoms with Gasteiger partial charge in [0.15, 0.2) is 0 Å². The predicted molar refractivity (Wildman–Crippen MR) is 79.8 cm³/mol. The van der Waals surface area contributed by atoms with Crippen molar-refractivity contribution in [2.45, 2.75) is 25.7 Å². The second kappa shape index (κ2) is 7.11. The first-order valence-corrected chi connectivity index (χ1v) is 7.30. The number of carbonyl (C=O) groups excluding carboxylic acids is 2. The van der Waals surface area contributed by atoms with Crippen molar-refractivity contribution < 1.29 is 14.3 Å². The topological polar surface area (TPSA) is 72.6 Å². The van der Waals surface area contributed by atoms with E-state index < -0.39 is 0 Å². The van der Waals surface area contributed by atoms with Crippen LogP contribution in [0.25, 0.3) is 0 Å². The van der Waals surface area contributed by atoms with Gasteiger partial charge < -0.3 is 15.4 Å². The number of rotatable bonds is 5. The van der Waals surface area contributed by atoms with Crippen LogP contribution >= 0.6 is 0 Å². The van der Waals surface area contributed by atoms with Gasteiger partial charge in [0.05, 0.1) is 7.11 Å². The molecule has 1 heterocycles. The van der Waals surface area contributed by atoms with E-state index in [1.54, 1.807) is 7.11 Å². The maximum Gasteiger partial charge on any atom is 0.222 e. The van der Waals surface area contributed by atoms with Gasteiger partial charge in [0.1, 0.15) is 5.75 Å². The number of primary amides is 1. The summed E-state index contributed by atoms with van der Waals surface area (Å²) in [7, 11) is 1.63. The maximum atomic E-state index is 12.2. The molecule has 1 fully saturated rings. The number of nitrogens with zero attached hydrogens (tertiary/aromatic N) is 1. The van der Waals surface area contributed by atoms with E-state index in [-0.39, 0.29) is 17.7 Å². The van der Waals surface area contributed by atoms with Crippen LogP contribution in [0.4, 0.5) is 0 Å². The molecule has 1 aromatic carbocycles. The van der Waals surface area contributed by atoms with Crippen molar-refractivity contribution in [3.05, 3.63) is 29.8 Å². The maximum absolute atomic E-state index is 12.2. The summed E-state index contributed by atoms with van der Waals surface area (Å²) in [6, 6.07) is 7.76. The molecular weight excluding hydrogens is 268 g/mol. The van der Waals surface area contributed by atoms with E-state index in [2.05, 4.69) is 0 Å². The van der Waals surface area contributed by atoms with E-state index in [1.165, 1.54) is 0 Å². The van der Waals surface area contributed by atoms with Gasteiger partial charge in [-0.1, -0.05) is 12.1 Å². The predicted octanol–water partition coefficient (Wildman–Crippen LogP) is 1.35. The lowest BCUT2D eigenvalue weighted by molar-refractivity contribution is -0.134. The number of ether oxygens (including phenoxy) is 1. The Balaban J connectivity index is 1.78. The normalized spacial score (nSPS) is 15.8. The molecule has 2 N–H and O–H groups in total. The van der Waals surface area contributed by atoms with Gasteiger partial charge in [0.25, 0.3) is 0 Å². The molecule has 21 heavy (non-hydrogen) atoms. The Kier molecular flexibility index (Phi) is 5.20. The van der Waals surface area contributed by atoms with Crippen molar-refractivity contribution in [1.29, 1.82) is 0 Å². The minimum absolute atomic E-state index is 0.0735. The fourth-order valence-electron chi connectivity index (χ4n) is 2.61. The van der Waals surface area contributed by atoms with E-state index in [1.807, 2.05) is 29.2 Å². The van der Waals surface area contributed by atoms with Gasteiger partial charge in [-0.15, -0.1) is 0 Å². The molecule has 0 radical (unpaired) electrons. The van der Waals surface area contributed by atoms with Crippen molar-refractivity contribution >= 4 is 11.8 Å². The molecule has 5 nitrogen and oxygen atoms in total. The van der Waals surface area contributed by atoms with Crippen LogP contribution in [-0.2, 0) is 16.0 Å². The Labute approximate surface area is 125 Å². The van der Waals surface area contributed by atoms with E-state index >= 15 is 0 Å². The van der Waals surface area contributed by atoms with Gasteiger partial charge in [0, 0.05) is 25.4 Å². The zero-order chi connectivity index (χ0) is 15.2. The molecule has 1 aliphatic heterocycles. The van der Waals surface area contributed by atoms with Crippen LogP contribution in [0.3, 0.4) is 0 Å². The van der Waals surface area contributed by atoms with Gasteiger partial charge in [0.2, 0.25) is 11.8 Å². The van der Waals surface area contributed by atoms with Gasteiger partial charge in [-0.25, -0.2) is 0 Å². The molecule has 114 valence electrons. The summed E-state index contributed by atoms with van der Waals surface area (Å²) >= 11 is 0. The SMILES string of the molecule is COc1ccc(CCC(=O)N2CCC(C(N)=O)CC2)cc1. The van der Waals surface area contributed by atoms with Gasteiger partial charge in [-0.3, -0.25) is 9.59 Å². The van der Waals surface area contributed by atoms with Crippen molar-refractivity contribution in [1.82, 2.24) is 4.90 Å². The summed E-state index contributed by atoms with van der Waals surface area (Å²) in [5, 5.41) is 0. The van der Waals surface area contributed by atoms with Crippen molar-refractivity contribution in [3.63, 3.8) is 0 Å². The molecule has 0 unspecified atom stereocenters. The molecule has 2 rings (SSSR count). The number of aryl methyl sites for hydroxylation is 1. The monoisotopic (exact) mass is 290 g/mol. The quantitative estimate of drug-likeness (QED) is 0.889. The van der Waals surface area contributed by atoms with Crippen LogP contribution in [0.5, 0.6) is 5.75 Å². The average molecular weight is 290 g/mol. The van der Waals surface area contributed by atoms with Crippen molar-refractivity contribution in [3.8, 4) is 5.75 Å². The molecule has 1 aliphatic rings. The van der Waals surface area contributed by atoms with Crippen LogP contribution in [0, 0.1) is 5.92 Å². The smallest absolute Gasteiger partial charge is 0.222 e. The summed E-state index contributed by atoms with van der Waals surface area (Å²) in [6.45, 7) is 1.27. The number of carbonyl (C=O) groups is 2. The summed E-state index contributed by atoms with van der Waals surface area (Å²) in [6.07, 6.45) is 2.58. The molecule has 0 bridgehead atoms. The zero-order valence-corrected chi connectivity index (χ0v) is 12.4. The Hall–Kier alpha value is -2.04. The highest BCUT2D eigenvalue weighted by atomic mass is 16.5. The van der Waals surface area contributed by atoms with Gasteiger partial charge in [-0.05, 0) is 37.0 Å². The molecule has 2 amide bonds. The van der Waals surface area contributed by atoms with Crippen LogP contribution < -0.4 is 10.5 Å². The van der Waals surface area contributed by atoms with Gasteiger partial charge in [-0.2, -0.15) is 0 Å². The lowest BCUT2D eigenvalue weighted by atomic mass is 9.96. The minimum atomic E-state index is -0.250. The highest BCUT2D eigenvalue weighted by Crippen LogP contribution is 2.18. The molecule has 0 saturated carbocycles. The number of likely N-dealkylation sites (tertiary alicyclic amines) is 1. The second-order valence-electron chi connectivity index (χ2n) is 5.41. The Bertz CT molecular complexity index is 491. The van der Waals surface area contributed by atoms with Crippen molar-refractivity contribution in [2.24, 2.45) is 11.7 Å². The van der Waals surface area contributed by atoms with Crippen LogP contribution in [0.2, 0.25) is 0 Å². The molecule has 0 spiro atoms. The van der Waals surface area contributed by atoms with Crippen LogP contribution in [0.1, 0.15) is 24.8 Å². The van der Waals surface area contributed by atoms with E-state index in [4.69, 9.17) is 10.5 Å². The number of amides is 2.